The van der Waals surface area contributed by atoms with E-state index < -0.39 is 0 Å². The van der Waals surface area contributed by atoms with Crippen molar-refractivity contribution in [3.63, 3.8) is 0 Å². The van der Waals surface area contributed by atoms with Crippen LogP contribution in [0, 0.1) is 0 Å². The minimum absolute atomic E-state index is 0.00614. The van der Waals surface area contributed by atoms with Gasteiger partial charge in [0.25, 0.3) is 0 Å². The van der Waals surface area contributed by atoms with Crippen molar-refractivity contribution in [2.24, 2.45) is 0 Å². The Balaban J connectivity index is 1.83. The number of rotatable bonds is 3. The average molecular weight is 374 g/mol. The third-order valence-electron chi connectivity index (χ3n) is 5.46. The summed E-state index contributed by atoms with van der Waals surface area (Å²) in [5.41, 5.74) is 3.89. The number of phenolic OH excluding ortho intramolecular Hbond substituents is 1. The maximum atomic E-state index is 11.9. The van der Waals surface area contributed by atoms with Gasteiger partial charge in [0, 0.05) is 0 Å². The van der Waals surface area contributed by atoms with E-state index in [1.165, 1.54) is 0 Å². The van der Waals surface area contributed by atoms with Gasteiger partial charge in [0.15, 0.2) is 6.29 Å². The number of carbonyl (C=O) groups excluding carboxylic acids is 1. The van der Waals surface area contributed by atoms with Crippen LogP contribution in [0.3, 0.4) is 0 Å². The first kappa shape index (κ1) is 17.2. The topological polar surface area (TPSA) is 37.3 Å². The molecule has 0 bridgehead atoms. The fourth-order valence-corrected chi connectivity index (χ4v) is 4.08. The lowest BCUT2D eigenvalue weighted by molar-refractivity contribution is 0.112. The number of aromatic hydroxyl groups is 1. The van der Waals surface area contributed by atoms with Crippen LogP contribution in [0.4, 0.5) is 0 Å². The third kappa shape index (κ3) is 2.86. The van der Waals surface area contributed by atoms with Gasteiger partial charge in [-0.05, 0) is 55.9 Å². The van der Waals surface area contributed by atoms with Crippen molar-refractivity contribution in [1.82, 2.24) is 0 Å². The number of hydrogen-bond acceptors (Lipinski definition) is 2. The normalized spacial score (nSPS) is 11.0. The molecule has 2 nitrogen and oxygen atoms in total. The number of fused-ring (bicyclic) bond motifs is 2. The Morgan fingerprint density at radius 3 is 1.79 bits per heavy atom. The summed E-state index contributed by atoms with van der Waals surface area (Å²) >= 11 is 0. The Morgan fingerprint density at radius 1 is 0.586 bits per heavy atom. The van der Waals surface area contributed by atoms with E-state index >= 15 is 0 Å². The van der Waals surface area contributed by atoms with Crippen LogP contribution >= 0.6 is 0 Å². The van der Waals surface area contributed by atoms with E-state index in [9.17, 15) is 9.90 Å². The molecule has 0 aliphatic heterocycles. The highest BCUT2D eigenvalue weighted by Crippen LogP contribution is 2.39. The van der Waals surface area contributed by atoms with Crippen LogP contribution in [0.5, 0.6) is 5.75 Å². The maximum absolute atomic E-state index is 11.9. The smallest absolute Gasteiger partial charge is 0.154 e. The van der Waals surface area contributed by atoms with Crippen LogP contribution in [0.1, 0.15) is 10.4 Å². The van der Waals surface area contributed by atoms with E-state index in [0.717, 1.165) is 50.1 Å². The zero-order valence-corrected chi connectivity index (χ0v) is 15.7. The van der Waals surface area contributed by atoms with Gasteiger partial charge in [0.1, 0.15) is 5.75 Å². The summed E-state index contributed by atoms with van der Waals surface area (Å²) in [5.74, 6) is -0.00614. The molecule has 0 atom stereocenters. The lowest BCUT2D eigenvalue weighted by Crippen LogP contribution is -1.92. The zero-order valence-electron chi connectivity index (χ0n) is 15.7. The van der Waals surface area contributed by atoms with E-state index in [1.54, 1.807) is 6.07 Å². The Morgan fingerprint density at radius 2 is 1.14 bits per heavy atom. The average Bonchev–Trinajstić information content (AvgIpc) is 2.78. The Kier molecular flexibility index (Phi) is 4.10. The minimum Gasteiger partial charge on any atom is -0.507 e. The number of phenols is 1. The quantitative estimate of drug-likeness (QED) is 0.351. The largest absolute Gasteiger partial charge is 0.507 e. The first-order valence-electron chi connectivity index (χ1n) is 9.55. The summed E-state index contributed by atoms with van der Waals surface area (Å²) in [7, 11) is 0. The monoisotopic (exact) mass is 374 g/mol. The van der Waals surface area contributed by atoms with Gasteiger partial charge in [0.2, 0.25) is 0 Å². The summed E-state index contributed by atoms with van der Waals surface area (Å²) in [6, 6.07) is 32.1. The van der Waals surface area contributed by atoms with Crippen molar-refractivity contribution in [2.75, 3.05) is 0 Å². The van der Waals surface area contributed by atoms with Crippen molar-refractivity contribution in [3.8, 4) is 28.0 Å². The highest BCUT2D eigenvalue weighted by atomic mass is 16.3. The molecule has 29 heavy (non-hydrogen) atoms. The maximum Gasteiger partial charge on any atom is 0.154 e. The van der Waals surface area contributed by atoms with Crippen LogP contribution < -0.4 is 0 Å². The number of carbonyl (C=O) groups is 1. The van der Waals surface area contributed by atoms with Crippen molar-refractivity contribution >= 4 is 27.8 Å². The van der Waals surface area contributed by atoms with E-state index in [4.69, 9.17) is 0 Å². The highest BCUT2D eigenvalue weighted by molar-refractivity contribution is 6.04. The van der Waals surface area contributed by atoms with Gasteiger partial charge in [-0.25, -0.2) is 0 Å². The predicted octanol–water partition coefficient (Wildman–Crippen LogP) is 6.85. The van der Waals surface area contributed by atoms with Crippen LogP contribution in [0.2, 0.25) is 0 Å². The second-order valence-electron chi connectivity index (χ2n) is 7.13. The Labute approximate surface area is 168 Å². The molecule has 0 saturated carbocycles. The number of benzene rings is 5. The molecule has 0 amide bonds. The third-order valence-corrected chi connectivity index (χ3v) is 5.46. The summed E-state index contributed by atoms with van der Waals surface area (Å²) < 4.78 is 0. The fourth-order valence-electron chi connectivity index (χ4n) is 4.08. The molecule has 5 aromatic rings. The minimum atomic E-state index is -0.00614. The van der Waals surface area contributed by atoms with Gasteiger partial charge < -0.3 is 5.11 Å². The molecule has 0 radical (unpaired) electrons. The first-order valence-corrected chi connectivity index (χ1v) is 9.55. The SMILES string of the molecule is O=Cc1c(O)cc(-c2cccc3ccccc23)cc1-c1cccc2ccccc12. The fraction of sp³-hybridized carbons (Fsp3) is 0. The molecule has 0 aromatic heterocycles. The van der Waals surface area contributed by atoms with Crippen LogP contribution in [-0.2, 0) is 0 Å². The standard InChI is InChI=1S/C27H18O2/c28-17-26-25(24-14-6-10-19-8-2-4-12-22(19)24)15-20(16-27(26)29)23-13-5-9-18-7-1-3-11-21(18)23/h1-17,29H. The van der Waals surface area contributed by atoms with Gasteiger partial charge in [0.05, 0.1) is 5.56 Å². The van der Waals surface area contributed by atoms with Gasteiger partial charge in [-0.2, -0.15) is 0 Å². The van der Waals surface area contributed by atoms with Crippen molar-refractivity contribution in [3.05, 3.63) is 103 Å². The molecule has 138 valence electrons. The molecule has 0 saturated heterocycles. The molecular formula is C27H18O2. The number of aldehydes is 1. The molecule has 2 heteroatoms. The van der Waals surface area contributed by atoms with Crippen LogP contribution in [0.15, 0.2) is 97.1 Å². The predicted molar refractivity (Wildman–Crippen MR) is 119 cm³/mol. The molecule has 5 rings (SSSR count). The second kappa shape index (κ2) is 6.92. The molecule has 0 aliphatic carbocycles. The van der Waals surface area contributed by atoms with Crippen molar-refractivity contribution in [2.45, 2.75) is 0 Å². The van der Waals surface area contributed by atoms with Crippen molar-refractivity contribution in [1.29, 1.82) is 0 Å². The van der Waals surface area contributed by atoms with E-state index in [1.807, 2.05) is 72.8 Å². The van der Waals surface area contributed by atoms with E-state index in [0.29, 0.717) is 5.56 Å². The lowest BCUT2D eigenvalue weighted by Gasteiger charge is -2.14. The summed E-state index contributed by atoms with van der Waals surface area (Å²) in [6.45, 7) is 0. The van der Waals surface area contributed by atoms with Crippen LogP contribution in [0.25, 0.3) is 43.8 Å². The van der Waals surface area contributed by atoms with E-state index in [2.05, 4.69) is 18.2 Å². The second-order valence-corrected chi connectivity index (χ2v) is 7.13. The molecule has 0 fully saturated rings. The van der Waals surface area contributed by atoms with Crippen LogP contribution in [-0.4, -0.2) is 11.4 Å². The lowest BCUT2D eigenvalue weighted by atomic mass is 9.90. The molecule has 0 spiro atoms. The Hall–Kier alpha value is -3.91. The molecular weight excluding hydrogens is 356 g/mol. The van der Waals surface area contributed by atoms with E-state index in [-0.39, 0.29) is 5.75 Å². The van der Waals surface area contributed by atoms with Gasteiger partial charge in [-0.3, -0.25) is 4.79 Å². The molecule has 1 N–H and O–H groups in total. The summed E-state index contributed by atoms with van der Waals surface area (Å²) in [5, 5.41) is 15.1. The van der Waals surface area contributed by atoms with Gasteiger partial charge >= 0.3 is 0 Å². The summed E-state index contributed by atoms with van der Waals surface area (Å²) in [6.07, 6.45) is 0.735. The van der Waals surface area contributed by atoms with Gasteiger partial charge in [-0.15, -0.1) is 0 Å². The zero-order chi connectivity index (χ0) is 19.8. The van der Waals surface area contributed by atoms with Crippen molar-refractivity contribution < 1.29 is 9.90 Å². The molecule has 5 aromatic carbocycles. The molecule has 0 heterocycles. The Bertz CT molecular complexity index is 1370. The highest BCUT2D eigenvalue weighted by Gasteiger charge is 2.15. The number of hydrogen-bond donors (Lipinski definition) is 1. The molecule has 0 aliphatic rings. The molecule has 0 unspecified atom stereocenters. The first-order chi connectivity index (χ1) is 14.3. The summed E-state index contributed by atoms with van der Waals surface area (Å²) in [4.78, 5) is 11.9. The van der Waals surface area contributed by atoms with Gasteiger partial charge in [-0.1, -0.05) is 84.9 Å².